The lowest BCUT2D eigenvalue weighted by molar-refractivity contribution is 0.104. The van der Waals surface area contributed by atoms with E-state index < -0.39 is 0 Å². The molecule has 0 spiro atoms. The number of hydrogen-bond donors (Lipinski definition) is 3. The Hall–Kier alpha value is -3.74. The molecular weight excluding hydrogens is 320 g/mol. The summed E-state index contributed by atoms with van der Waals surface area (Å²) in [6, 6.07) is 7.66. The number of ketones is 1. The van der Waals surface area contributed by atoms with Gasteiger partial charge in [-0.2, -0.15) is 5.10 Å². The normalized spacial score (nSPS) is 10.9. The van der Waals surface area contributed by atoms with E-state index in [-0.39, 0.29) is 17.3 Å². The standard InChI is InChI=1S/C18H12N4O3/c23-11-3-1-10(2-4-11)17(25)14-7-20-18-16(14)13(8-21-22-18)12-5-6-19-9-15(12)24/h1-9,23-24H,(H,20,22). The molecule has 25 heavy (non-hydrogen) atoms. The zero-order valence-electron chi connectivity index (χ0n) is 12.8. The average Bonchev–Trinajstić information content (AvgIpc) is 3.06. The number of carbonyl (C=O) groups excluding carboxylic acids is 1. The number of hydrogen-bond acceptors (Lipinski definition) is 6. The summed E-state index contributed by atoms with van der Waals surface area (Å²) in [5, 5.41) is 28.0. The smallest absolute Gasteiger partial charge is 0.195 e. The molecule has 0 aliphatic rings. The van der Waals surface area contributed by atoms with E-state index in [1.165, 1.54) is 24.5 Å². The Bertz CT molecular complexity index is 1090. The lowest BCUT2D eigenvalue weighted by Crippen LogP contribution is -2.01. The van der Waals surface area contributed by atoms with Gasteiger partial charge < -0.3 is 15.2 Å². The summed E-state index contributed by atoms with van der Waals surface area (Å²) in [6.45, 7) is 0. The molecule has 0 atom stereocenters. The number of fused-ring (bicyclic) bond motifs is 1. The fourth-order valence-corrected chi connectivity index (χ4v) is 2.74. The molecule has 0 saturated carbocycles. The topological polar surface area (TPSA) is 112 Å². The van der Waals surface area contributed by atoms with Gasteiger partial charge in [-0.3, -0.25) is 9.78 Å². The number of rotatable bonds is 3. The van der Waals surface area contributed by atoms with E-state index in [1.807, 2.05) is 0 Å². The van der Waals surface area contributed by atoms with Crippen LogP contribution in [0, 0.1) is 0 Å². The van der Waals surface area contributed by atoms with Crippen LogP contribution >= 0.6 is 0 Å². The van der Waals surface area contributed by atoms with Crippen LogP contribution in [0.3, 0.4) is 0 Å². The van der Waals surface area contributed by atoms with E-state index in [4.69, 9.17) is 0 Å². The molecule has 0 amide bonds. The first-order valence-corrected chi connectivity index (χ1v) is 7.45. The first-order chi connectivity index (χ1) is 12.1. The van der Waals surface area contributed by atoms with Crippen LogP contribution in [-0.4, -0.2) is 36.2 Å². The molecule has 4 rings (SSSR count). The third kappa shape index (κ3) is 2.47. The summed E-state index contributed by atoms with van der Waals surface area (Å²) in [6.07, 6.45) is 5.94. The van der Waals surface area contributed by atoms with Gasteiger partial charge in [0.15, 0.2) is 11.4 Å². The summed E-state index contributed by atoms with van der Waals surface area (Å²) < 4.78 is 0. The Balaban J connectivity index is 1.93. The molecule has 1 aromatic carbocycles. The van der Waals surface area contributed by atoms with Gasteiger partial charge in [-0.25, -0.2) is 0 Å². The molecule has 3 heterocycles. The maximum Gasteiger partial charge on any atom is 0.195 e. The van der Waals surface area contributed by atoms with E-state index in [0.717, 1.165) is 0 Å². The number of carbonyl (C=O) groups is 1. The number of pyridine rings is 1. The zero-order chi connectivity index (χ0) is 17.4. The number of aromatic hydroxyl groups is 2. The molecule has 0 fully saturated rings. The highest BCUT2D eigenvalue weighted by Gasteiger charge is 2.20. The molecular formula is C18H12N4O3. The lowest BCUT2D eigenvalue weighted by Gasteiger charge is -2.07. The van der Waals surface area contributed by atoms with Gasteiger partial charge in [0, 0.05) is 34.5 Å². The van der Waals surface area contributed by atoms with E-state index in [2.05, 4.69) is 20.2 Å². The van der Waals surface area contributed by atoms with Crippen LogP contribution in [0.5, 0.6) is 11.5 Å². The summed E-state index contributed by atoms with van der Waals surface area (Å²) in [5.74, 6) is -0.154. The van der Waals surface area contributed by atoms with Crippen molar-refractivity contribution in [3.05, 3.63) is 66.2 Å². The van der Waals surface area contributed by atoms with Gasteiger partial charge in [0.2, 0.25) is 0 Å². The summed E-state index contributed by atoms with van der Waals surface area (Å²) in [7, 11) is 0. The maximum absolute atomic E-state index is 12.9. The van der Waals surface area contributed by atoms with Crippen LogP contribution in [-0.2, 0) is 0 Å². The summed E-state index contributed by atoms with van der Waals surface area (Å²) in [5.41, 5.74) is 2.36. The van der Waals surface area contributed by atoms with Gasteiger partial charge >= 0.3 is 0 Å². The second-order valence-corrected chi connectivity index (χ2v) is 5.45. The largest absolute Gasteiger partial charge is 0.508 e. The van der Waals surface area contributed by atoms with Crippen LogP contribution < -0.4 is 0 Å². The van der Waals surface area contributed by atoms with Gasteiger partial charge in [0.25, 0.3) is 0 Å². The number of aromatic nitrogens is 4. The molecule has 0 unspecified atom stereocenters. The second kappa shape index (κ2) is 5.72. The third-order valence-corrected chi connectivity index (χ3v) is 3.94. The summed E-state index contributed by atoms with van der Waals surface area (Å²) >= 11 is 0. The highest BCUT2D eigenvalue weighted by atomic mass is 16.3. The number of phenols is 1. The Labute approximate surface area is 141 Å². The van der Waals surface area contributed by atoms with E-state index in [0.29, 0.717) is 33.3 Å². The third-order valence-electron chi connectivity index (χ3n) is 3.94. The number of phenolic OH excluding ortho intramolecular Hbond substituents is 1. The molecule has 0 radical (unpaired) electrons. The van der Waals surface area contributed by atoms with Crippen molar-refractivity contribution >= 4 is 16.8 Å². The lowest BCUT2D eigenvalue weighted by atomic mass is 9.98. The zero-order valence-corrected chi connectivity index (χ0v) is 12.8. The number of nitrogens with one attached hydrogen (secondary N) is 1. The molecule has 3 aromatic heterocycles. The SMILES string of the molecule is O=C(c1ccc(O)cc1)c1c[nH]c2nncc(-c3ccncc3O)c12. The Morgan fingerprint density at radius 3 is 2.56 bits per heavy atom. The molecule has 3 N–H and O–H groups in total. The van der Waals surface area contributed by atoms with Gasteiger partial charge in [-0.1, -0.05) is 0 Å². The van der Waals surface area contributed by atoms with E-state index in [1.54, 1.807) is 30.6 Å². The minimum atomic E-state index is -0.228. The average molecular weight is 332 g/mol. The van der Waals surface area contributed by atoms with Gasteiger partial charge in [0.1, 0.15) is 11.5 Å². The van der Waals surface area contributed by atoms with Crippen molar-refractivity contribution in [2.75, 3.05) is 0 Å². The van der Waals surface area contributed by atoms with Crippen molar-refractivity contribution in [1.82, 2.24) is 20.2 Å². The number of H-pyrrole nitrogens is 1. The van der Waals surface area contributed by atoms with Gasteiger partial charge in [-0.15, -0.1) is 5.10 Å². The number of aromatic amines is 1. The molecule has 0 saturated heterocycles. The maximum atomic E-state index is 12.9. The Morgan fingerprint density at radius 2 is 1.80 bits per heavy atom. The van der Waals surface area contributed by atoms with Gasteiger partial charge in [-0.05, 0) is 30.3 Å². The van der Waals surface area contributed by atoms with Crippen LogP contribution in [0.25, 0.3) is 22.2 Å². The Kier molecular flexibility index (Phi) is 3.39. The predicted octanol–water partition coefficient (Wildman–Crippen LogP) is 2.66. The molecule has 7 heteroatoms. The predicted molar refractivity (Wildman–Crippen MR) is 90.3 cm³/mol. The Morgan fingerprint density at radius 1 is 1.00 bits per heavy atom. The van der Waals surface area contributed by atoms with Crippen molar-refractivity contribution in [3.63, 3.8) is 0 Å². The minimum Gasteiger partial charge on any atom is -0.508 e. The number of benzene rings is 1. The van der Waals surface area contributed by atoms with Crippen molar-refractivity contribution in [2.24, 2.45) is 0 Å². The van der Waals surface area contributed by atoms with Crippen LogP contribution in [0.4, 0.5) is 0 Å². The van der Waals surface area contributed by atoms with Crippen molar-refractivity contribution < 1.29 is 15.0 Å². The molecule has 4 aromatic rings. The number of nitrogens with zero attached hydrogens (tertiary/aromatic N) is 3. The van der Waals surface area contributed by atoms with Crippen molar-refractivity contribution in [1.29, 1.82) is 0 Å². The quantitative estimate of drug-likeness (QED) is 0.497. The molecule has 122 valence electrons. The first-order valence-electron chi connectivity index (χ1n) is 7.45. The van der Waals surface area contributed by atoms with Gasteiger partial charge in [0.05, 0.1) is 18.0 Å². The fourth-order valence-electron chi connectivity index (χ4n) is 2.74. The fraction of sp³-hybridized carbons (Fsp3) is 0. The molecule has 0 aliphatic carbocycles. The molecule has 0 bridgehead atoms. The monoisotopic (exact) mass is 332 g/mol. The molecule has 7 nitrogen and oxygen atoms in total. The highest BCUT2D eigenvalue weighted by molar-refractivity contribution is 6.18. The minimum absolute atomic E-state index is 0.0129. The van der Waals surface area contributed by atoms with E-state index in [9.17, 15) is 15.0 Å². The van der Waals surface area contributed by atoms with Crippen LogP contribution in [0.15, 0.2) is 55.1 Å². The van der Waals surface area contributed by atoms with Crippen molar-refractivity contribution in [2.45, 2.75) is 0 Å². The first kappa shape index (κ1) is 14.8. The van der Waals surface area contributed by atoms with Crippen LogP contribution in [0.2, 0.25) is 0 Å². The second-order valence-electron chi connectivity index (χ2n) is 5.45. The highest BCUT2D eigenvalue weighted by Crippen LogP contribution is 2.34. The van der Waals surface area contributed by atoms with Crippen LogP contribution in [0.1, 0.15) is 15.9 Å². The summed E-state index contributed by atoms with van der Waals surface area (Å²) in [4.78, 5) is 19.7. The van der Waals surface area contributed by atoms with E-state index >= 15 is 0 Å². The van der Waals surface area contributed by atoms with Crippen molar-refractivity contribution in [3.8, 4) is 22.6 Å². The molecule has 0 aliphatic heterocycles.